The normalized spacial score (nSPS) is 18.3. The minimum Gasteiger partial charge on any atom is -0.385 e. The monoisotopic (exact) mass is 243 g/mol. The third-order valence-electron chi connectivity index (χ3n) is 3.44. The molecule has 0 unspecified atom stereocenters. The van der Waals surface area contributed by atoms with Crippen molar-refractivity contribution in [3.8, 4) is 0 Å². The van der Waals surface area contributed by atoms with Gasteiger partial charge >= 0.3 is 0 Å². The van der Waals surface area contributed by atoms with Gasteiger partial charge in [-0.25, -0.2) is 4.98 Å². The molecule has 0 spiro atoms. The molecular weight excluding hydrogens is 226 g/mol. The first-order chi connectivity index (χ1) is 8.83. The van der Waals surface area contributed by atoms with Gasteiger partial charge in [-0.15, -0.1) is 0 Å². The Balaban J connectivity index is 1.80. The molecule has 1 aliphatic rings. The smallest absolute Gasteiger partial charge is 0.110 e. The number of rotatable bonds is 3. The Bertz CT molecular complexity index is 537. The van der Waals surface area contributed by atoms with E-state index in [0.29, 0.717) is 12.2 Å². The molecule has 4 nitrogen and oxygen atoms in total. The van der Waals surface area contributed by atoms with Crippen molar-refractivity contribution in [3.05, 3.63) is 36.2 Å². The zero-order valence-electron chi connectivity index (χ0n) is 10.3. The lowest BCUT2D eigenvalue weighted by Crippen LogP contribution is -2.26. The average Bonchev–Trinajstić information content (AvgIpc) is 2.91. The van der Waals surface area contributed by atoms with Crippen molar-refractivity contribution in [2.45, 2.75) is 18.9 Å². The third kappa shape index (κ3) is 2.35. The molecule has 4 heteroatoms. The van der Waals surface area contributed by atoms with Crippen molar-refractivity contribution in [1.82, 2.24) is 14.9 Å². The molecule has 0 amide bonds. The Morgan fingerprint density at radius 1 is 1.17 bits per heavy atom. The average molecular weight is 243 g/mol. The van der Waals surface area contributed by atoms with Gasteiger partial charge < -0.3 is 10.0 Å². The largest absolute Gasteiger partial charge is 0.385 e. The molecule has 1 aromatic carbocycles. The number of β-amino-alcohol motifs (C(OH)–C–C–N with tert-alkyl or cyclic N) is 1. The summed E-state index contributed by atoms with van der Waals surface area (Å²) in [5.41, 5.74) is 2.38. The molecule has 1 aromatic heterocycles. The highest BCUT2D eigenvalue weighted by Crippen LogP contribution is 2.17. The highest BCUT2D eigenvalue weighted by Gasteiger charge is 2.18. The van der Waals surface area contributed by atoms with Crippen molar-refractivity contribution < 1.29 is 5.11 Å². The molecule has 3 rings (SSSR count). The molecule has 0 radical (unpaired) electrons. The second-order valence-electron chi connectivity index (χ2n) is 4.81. The number of likely N-dealkylation sites (tertiary alicyclic amines) is 1. The van der Waals surface area contributed by atoms with Gasteiger partial charge in [-0.1, -0.05) is 12.1 Å². The van der Waals surface area contributed by atoms with E-state index in [4.69, 9.17) is 0 Å². The summed E-state index contributed by atoms with van der Waals surface area (Å²) in [5, 5.41) is 10.2. The van der Waals surface area contributed by atoms with E-state index in [1.165, 1.54) is 12.8 Å². The number of aromatic nitrogens is 2. The quantitative estimate of drug-likeness (QED) is 0.892. The molecule has 2 aromatic rings. The summed E-state index contributed by atoms with van der Waals surface area (Å²) in [6.07, 6.45) is 3.61. The lowest BCUT2D eigenvalue weighted by atomic mass is 10.2. The number of benzene rings is 1. The zero-order valence-corrected chi connectivity index (χ0v) is 10.3. The standard InChI is InChI=1S/C14H17N3O/c18-14(10-17-7-3-4-8-17)13-9-15-11-5-1-2-6-12(11)16-13/h1-2,5-6,9,14,18H,3-4,7-8,10H2/t14-/m0/s1. The maximum Gasteiger partial charge on any atom is 0.110 e. The van der Waals surface area contributed by atoms with Gasteiger partial charge in [0.25, 0.3) is 0 Å². The fraction of sp³-hybridized carbons (Fsp3) is 0.429. The number of aliphatic hydroxyl groups is 1. The summed E-state index contributed by atoms with van der Waals surface area (Å²) in [6.45, 7) is 2.82. The Labute approximate surface area is 106 Å². The number of nitrogens with zero attached hydrogens (tertiary/aromatic N) is 3. The maximum absolute atomic E-state index is 10.2. The Morgan fingerprint density at radius 3 is 2.67 bits per heavy atom. The molecule has 1 N–H and O–H groups in total. The second kappa shape index (κ2) is 5.00. The van der Waals surface area contributed by atoms with Crippen LogP contribution in [0.4, 0.5) is 0 Å². The predicted molar refractivity (Wildman–Crippen MR) is 70.2 cm³/mol. The summed E-state index contributed by atoms with van der Waals surface area (Å²) in [4.78, 5) is 11.1. The number of hydrogen-bond donors (Lipinski definition) is 1. The lowest BCUT2D eigenvalue weighted by Gasteiger charge is -2.18. The Morgan fingerprint density at radius 2 is 1.89 bits per heavy atom. The van der Waals surface area contributed by atoms with E-state index in [0.717, 1.165) is 24.1 Å². The number of aliphatic hydroxyl groups excluding tert-OH is 1. The number of para-hydroxylation sites is 2. The first-order valence-electron chi connectivity index (χ1n) is 6.45. The van der Waals surface area contributed by atoms with Gasteiger partial charge in [-0.3, -0.25) is 4.98 Å². The van der Waals surface area contributed by atoms with Crippen molar-refractivity contribution in [2.75, 3.05) is 19.6 Å². The van der Waals surface area contributed by atoms with Crippen LogP contribution in [0.25, 0.3) is 11.0 Å². The van der Waals surface area contributed by atoms with Crippen molar-refractivity contribution in [2.24, 2.45) is 0 Å². The topological polar surface area (TPSA) is 49.2 Å². The van der Waals surface area contributed by atoms with Crippen LogP contribution < -0.4 is 0 Å². The van der Waals surface area contributed by atoms with Crippen LogP contribution in [0.15, 0.2) is 30.5 Å². The van der Waals surface area contributed by atoms with Crippen molar-refractivity contribution >= 4 is 11.0 Å². The van der Waals surface area contributed by atoms with E-state index >= 15 is 0 Å². The molecule has 1 saturated heterocycles. The van der Waals surface area contributed by atoms with E-state index < -0.39 is 6.10 Å². The summed E-state index contributed by atoms with van der Waals surface area (Å²) >= 11 is 0. The summed E-state index contributed by atoms with van der Waals surface area (Å²) in [7, 11) is 0. The second-order valence-corrected chi connectivity index (χ2v) is 4.81. The fourth-order valence-electron chi connectivity index (χ4n) is 2.44. The van der Waals surface area contributed by atoms with Crippen LogP contribution in [0.2, 0.25) is 0 Å². The van der Waals surface area contributed by atoms with Crippen molar-refractivity contribution in [3.63, 3.8) is 0 Å². The van der Waals surface area contributed by atoms with Crippen LogP contribution in [-0.4, -0.2) is 39.6 Å². The molecule has 1 fully saturated rings. The van der Waals surface area contributed by atoms with Gasteiger partial charge in [-0.05, 0) is 38.1 Å². The van der Waals surface area contributed by atoms with Gasteiger partial charge in [0.2, 0.25) is 0 Å². The molecule has 0 bridgehead atoms. The minimum absolute atomic E-state index is 0.541. The van der Waals surface area contributed by atoms with Gasteiger partial charge in [-0.2, -0.15) is 0 Å². The van der Waals surface area contributed by atoms with Crippen LogP contribution in [0.3, 0.4) is 0 Å². The van der Waals surface area contributed by atoms with Crippen LogP contribution in [0, 0.1) is 0 Å². The fourth-order valence-corrected chi connectivity index (χ4v) is 2.44. The number of fused-ring (bicyclic) bond motifs is 1. The van der Waals surface area contributed by atoms with Gasteiger partial charge in [0.05, 0.1) is 22.9 Å². The molecule has 1 atom stereocenters. The minimum atomic E-state index is -0.541. The van der Waals surface area contributed by atoms with E-state index in [-0.39, 0.29) is 0 Å². The molecule has 94 valence electrons. The molecule has 1 aliphatic heterocycles. The van der Waals surface area contributed by atoms with Crippen LogP contribution in [0.5, 0.6) is 0 Å². The van der Waals surface area contributed by atoms with E-state index in [9.17, 15) is 5.11 Å². The van der Waals surface area contributed by atoms with Gasteiger partial charge in [0.1, 0.15) is 6.10 Å². The third-order valence-corrected chi connectivity index (χ3v) is 3.44. The molecule has 0 aliphatic carbocycles. The number of hydrogen-bond acceptors (Lipinski definition) is 4. The maximum atomic E-state index is 10.2. The van der Waals surface area contributed by atoms with Crippen LogP contribution in [0.1, 0.15) is 24.6 Å². The van der Waals surface area contributed by atoms with E-state index in [1.54, 1.807) is 6.20 Å². The van der Waals surface area contributed by atoms with Gasteiger partial charge in [0, 0.05) is 6.54 Å². The van der Waals surface area contributed by atoms with Crippen LogP contribution in [-0.2, 0) is 0 Å². The highest BCUT2D eigenvalue weighted by atomic mass is 16.3. The SMILES string of the molecule is O[C@@H](CN1CCCC1)c1cnc2ccccc2n1. The predicted octanol–water partition coefficient (Wildman–Crippen LogP) is 1.76. The zero-order chi connectivity index (χ0) is 12.4. The Hall–Kier alpha value is -1.52. The first-order valence-corrected chi connectivity index (χ1v) is 6.45. The Kier molecular flexibility index (Phi) is 3.21. The van der Waals surface area contributed by atoms with E-state index in [1.807, 2.05) is 24.3 Å². The summed E-state index contributed by atoms with van der Waals surface area (Å²) < 4.78 is 0. The molecule has 18 heavy (non-hydrogen) atoms. The molecule has 0 saturated carbocycles. The van der Waals surface area contributed by atoms with Gasteiger partial charge in [0.15, 0.2) is 0 Å². The van der Waals surface area contributed by atoms with E-state index in [2.05, 4.69) is 14.9 Å². The summed E-state index contributed by atoms with van der Waals surface area (Å²) in [5.74, 6) is 0. The summed E-state index contributed by atoms with van der Waals surface area (Å²) in [6, 6.07) is 7.73. The highest BCUT2D eigenvalue weighted by molar-refractivity contribution is 5.73. The molecule has 2 heterocycles. The molecular formula is C14H17N3O. The van der Waals surface area contributed by atoms with Crippen molar-refractivity contribution in [1.29, 1.82) is 0 Å². The first kappa shape index (κ1) is 11.6. The van der Waals surface area contributed by atoms with Crippen LogP contribution >= 0.6 is 0 Å². The lowest BCUT2D eigenvalue weighted by molar-refractivity contribution is 0.122.